The van der Waals surface area contributed by atoms with Gasteiger partial charge in [0, 0.05) is 35.7 Å². The van der Waals surface area contributed by atoms with Crippen LogP contribution in [0.1, 0.15) is 59.3 Å². The van der Waals surface area contributed by atoms with E-state index in [1.807, 2.05) is 0 Å². The van der Waals surface area contributed by atoms with E-state index in [0.29, 0.717) is 19.3 Å². The molecule has 0 radical (unpaired) electrons. The Morgan fingerprint density at radius 1 is 0.548 bits per heavy atom. The fourth-order valence-electron chi connectivity index (χ4n) is 1.94. The van der Waals surface area contributed by atoms with Crippen molar-refractivity contribution < 1.29 is 44.1 Å². The minimum Gasteiger partial charge on any atom is -0.550 e. The molecule has 0 aromatic carbocycles. The van der Waals surface area contributed by atoms with Crippen LogP contribution in [0.3, 0.4) is 0 Å². The maximum atomic E-state index is 10.4. The Kier molecular flexibility index (Phi) is 23.8. The van der Waals surface area contributed by atoms with Crippen LogP contribution in [0.25, 0.3) is 0 Å². The van der Waals surface area contributed by atoms with Gasteiger partial charge in [-0.3, -0.25) is 14.4 Å². The second kappa shape index (κ2) is 20.6. The van der Waals surface area contributed by atoms with Crippen molar-refractivity contribution in [2.24, 2.45) is 35.0 Å². The molecular formula is C18H30AlN3O9. The van der Waals surface area contributed by atoms with Crippen LogP contribution < -0.4 is 32.5 Å². The maximum Gasteiger partial charge on any atom is 3.00 e. The SMILES string of the molecule is CCC(CC(=O)[O-])C(N)=O.CCC(CC(=O)[O-])C(N)=O.CCC(CC(=O)[O-])C(N)=O.[Al+3]. The number of carbonyl (C=O) groups excluding carboxylic acids is 6. The number of carboxylic acid groups (broad SMARTS) is 3. The molecule has 0 aliphatic rings. The number of hydrogen-bond donors (Lipinski definition) is 3. The second-order valence-corrected chi connectivity index (χ2v) is 6.25. The molecule has 0 aromatic rings. The van der Waals surface area contributed by atoms with Gasteiger partial charge in [0.1, 0.15) is 0 Å². The normalized spacial score (nSPS) is 12.1. The van der Waals surface area contributed by atoms with Crippen molar-refractivity contribution in [2.75, 3.05) is 0 Å². The summed E-state index contributed by atoms with van der Waals surface area (Å²) in [6.07, 6.45) is 0.527. The largest absolute Gasteiger partial charge is 3.00 e. The van der Waals surface area contributed by atoms with Crippen LogP contribution in [0.4, 0.5) is 0 Å². The van der Waals surface area contributed by atoms with Gasteiger partial charge in [0.25, 0.3) is 0 Å². The first-order valence-corrected chi connectivity index (χ1v) is 9.20. The van der Waals surface area contributed by atoms with Crippen molar-refractivity contribution in [1.82, 2.24) is 0 Å². The van der Waals surface area contributed by atoms with Crippen LogP contribution in [0.2, 0.25) is 0 Å². The minimum atomic E-state index is -1.23. The van der Waals surface area contributed by atoms with E-state index in [-0.39, 0.29) is 36.6 Å². The van der Waals surface area contributed by atoms with Gasteiger partial charge < -0.3 is 46.9 Å². The molecule has 3 atom stereocenters. The second-order valence-electron chi connectivity index (χ2n) is 6.25. The molecule has 0 fully saturated rings. The first-order valence-electron chi connectivity index (χ1n) is 9.20. The molecular weight excluding hydrogens is 429 g/mol. The smallest absolute Gasteiger partial charge is 0.550 e. The molecule has 6 N–H and O–H groups in total. The minimum absolute atomic E-state index is 0. The summed E-state index contributed by atoms with van der Waals surface area (Å²) in [5.74, 6) is -7.16. The van der Waals surface area contributed by atoms with E-state index in [4.69, 9.17) is 17.2 Å². The van der Waals surface area contributed by atoms with E-state index in [0.717, 1.165) is 0 Å². The van der Waals surface area contributed by atoms with Gasteiger partial charge in [-0.15, -0.1) is 0 Å². The van der Waals surface area contributed by atoms with Gasteiger partial charge in [-0.2, -0.15) is 0 Å². The van der Waals surface area contributed by atoms with E-state index in [1.165, 1.54) is 0 Å². The summed E-state index contributed by atoms with van der Waals surface area (Å²) < 4.78 is 0. The van der Waals surface area contributed by atoms with Crippen LogP contribution >= 0.6 is 0 Å². The van der Waals surface area contributed by atoms with Crippen LogP contribution in [0.15, 0.2) is 0 Å². The number of hydrogen-bond acceptors (Lipinski definition) is 9. The summed E-state index contributed by atoms with van der Waals surface area (Å²) >= 11 is 0. The molecule has 0 saturated heterocycles. The van der Waals surface area contributed by atoms with Crippen molar-refractivity contribution >= 4 is 53.0 Å². The molecule has 31 heavy (non-hydrogen) atoms. The number of amides is 3. The van der Waals surface area contributed by atoms with Gasteiger partial charge in [-0.1, -0.05) is 20.8 Å². The number of aliphatic carboxylic acids is 3. The Bertz CT molecular complexity index is 519. The third-order valence-electron chi connectivity index (χ3n) is 3.92. The summed E-state index contributed by atoms with van der Waals surface area (Å²) in [6.45, 7) is 5.12. The molecule has 3 unspecified atom stereocenters. The summed E-state index contributed by atoms with van der Waals surface area (Å²) in [5, 5.41) is 29.9. The average Bonchev–Trinajstić information content (AvgIpc) is 2.61. The molecule has 13 heteroatoms. The Hall–Kier alpha value is -2.65. The zero-order chi connectivity index (χ0) is 24.4. The van der Waals surface area contributed by atoms with Gasteiger partial charge in [0.05, 0.1) is 0 Å². The van der Waals surface area contributed by atoms with Crippen LogP contribution in [0, 0.1) is 17.8 Å². The van der Waals surface area contributed by atoms with Crippen molar-refractivity contribution in [3.8, 4) is 0 Å². The van der Waals surface area contributed by atoms with Gasteiger partial charge in [0.15, 0.2) is 0 Å². The summed E-state index contributed by atoms with van der Waals surface area (Å²) in [4.78, 5) is 61.1. The monoisotopic (exact) mass is 459 g/mol. The Morgan fingerprint density at radius 2 is 0.710 bits per heavy atom. The number of nitrogens with two attached hydrogens (primary N) is 3. The summed E-state index contributed by atoms with van der Waals surface area (Å²) in [7, 11) is 0. The number of primary amides is 3. The van der Waals surface area contributed by atoms with E-state index in [9.17, 15) is 44.1 Å². The molecule has 12 nitrogen and oxygen atoms in total. The standard InChI is InChI=1S/3C6H11NO3.Al/c3*1-2-4(6(7)10)3-5(8)9;/h3*4H,2-3H2,1H3,(H2,7,10)(H,8,9);/q;;;+3/p-3. The zero-order valence-electron chi connectivity index (χ0n) is 18.0. The van der Waals surface area contributed by atoms with E-state index in [1.54, 1.807) is 20.8 Å². The van der Waals surface area contributed by atoms with E-state index < -0.39 is 53.4 Å². The molecule has 0 spiro atoms. The van der Waals surface area contributed by atoms with Crippen LogP contribution in [0.5, 0.6) is 0 Å². The molecule has 0 aliphatic heterocycles. The zero-order valence-corrected chi connectivity index (χ0v) is 19.1. The van der Waals surface area contributed by atoms with E-state index >= 15 is 0 Å². The third kappa shape index (κ3) is 23.5. The first kappa shape index (κ1) is 35.8. The Labute approximate surface area is 191 Å². The van der Waals surface area contributed by atoms with Crippen molar-refractivity contribution in [2.45, 2.75) is 59.3 Å². The van der Waals surface area contributed by atoms with Gasteiger partial charge in [-0.25, -0.2) is 0 Å². The topological polar surface area (TPSA) is 250 Å². The van der Waals surface area contributed by atoms with E-state index in [2.05, 4.69) is 0 Å². The number of carbonyl (C=O) groups is 6. The van der Waals surface area contributed by atoms with Gasteiger partial charge >= 0.3 is 17.4 Å². The first-order chi connectivity index (χ1) is 13.7. The number of rotatable bonds is 12. The fraction of sp³-hybridized carbons (Fsp3) is 0.667. The quantitative estimate of drug-likeness (QED) is 0.237. The van der Waals surface area contributed by atoms with Crippen LogP contribution in [-0.2, 0) is 28.8 Å². The van der Waals surface area contributed by atoms with Crippen molar-refractivity contribution in [3.05, 3.63) is 0 Å². The predicted octanol–water partition coefficient (Wildman–Crippen LogP) is -4.47. The molecule has 0 rings (SSSR count). The summed E-state index contributed by atoms with van der Waals surface area (Å²) in [5.41, 5.74) is 14.6. The third-order valence-corrected chi connectivity index (χ3v) is 3.92. The molecule has 3 amide bonds. The molecule has 174 valence electrons. The summed E-state index contributed by atoms with van der Waals surface area (Å²) in [6, 6.07) is 0. The molecule has 0 aromatic heterocycles. The molecule has 0 bridgehead atoms. The average molecular weight is 459 g/mol. The molecule has 0 saturated carbocycles. The number of carboxylic acids is 3. The van der Waals surface area contributed by atoms with Crippen molar-refractivity contribution in [1.29, 1.82) is 0 Å². The maximum absolute atomic E-state index is 10.4. The van der Waals surface area contributed by atoms with Gasteiger partial charge in [-0.05, 0) is 38.5 Å². The predicted molar refractivity (Wildman–Crippen MR) is 104 cm³/mol. The van der Waals surface area contributed by atoms with Crippen molar-refractivity contribution in [3.63, 3.8) is 0 Å². The van der Waals surface area contributed by atoms with Crippen LogP contribution in [-0.4, -0.2) is 53.0 Å². The fourth-order valence-corrected chi connectivity index (χ4v) is 1.94. The van der Waals surface area contributed by atoms with Gasteiger partial charge in [0.2, 0.25) is 17.7 Å². The Morgan fingerprint density at radius 3 is 0.742 bits per heavy atom. The molecule has 0 aliphatic carbocycles. The Balaban J connectivity index is -0.000000174. The molecule has 0 heterocycles.